The number of hydrogen-bond acceptors (Lipinski definition) is 1. The molecule has 2 atom stereocenters. The Bertz CT molecular complexity index is 121. The Morgan fingerprint density at radius 1 is 1.64 bits per heavy atom. The van der Waals surface area contributed by atoms with Crippen LogP contribution in [0.2, 0.25) is 0 Å². The molecule has 0 saturated heterocycles. The lowest BCUT2D eigenvalue weighted by Gasteiger charge is -2.31. The highest BCUT2D eigenvalue weighted by atomic mass is 19.1. The first kappa shape index (κ1) is 8.98. The van der Waals surface area contributed by atoms with Crippen LogP contribution in [0.4, 0.5) is 4.39 Å². The second-order valence-corrected chi connectivity index (χ2v) is 3.95. The zero-order chi connectivity index (χ0) is 8.32. The van der Waals surface area contributed by atoms with Crippen LogP contribution in [-0.2, 0) is 0 Å². The maximum atomic E-state index is 13.4. The molecule has 2 heteroatoms. The van der Waals surface area contributed by atoms with Gasteiger partial charge in [0.2, 0.25) is 0 Å². The predicted molar refractivity (Wildman–Crippen MR) is 45.1 cm³/mol. The van der Waals surface area contributed by atoms with Crippen molar-refractivity contribution in [2.24, 2.45) is 11.7 Å². The van der Waals surface area contributed by atoms with Crippen molar-refractivity contribution in [2.75, 3.05) is 6.54 Å². The summed E-state index contributed by atoms with van der Waals surface area (Å²) in [7, 11) is 0. The fraction of sp³-hybridized carbons (Fsp3) is 1.00. The number of rotatable bonds is 2. The summed E-state index contributed by atoms with van der Waals surface area (Å²) in [6.07, 6.45) is 4.69. The lowest BCUT2D eigenvalue weighted by Crippen LogP contribution is -2.28. The van der Waals surface area contributed by atoms with Crippen molar-refractivity contribution in [3.8, 4) is 0 Å². The minimum atomic E-state index is -0.905. The molecule has 1 aliphatic carbocycles. The number of nitrogens with two attached hydrogens (primary N) is 1. The maximum absolute atomic E-state index is 13.4. The molecular formula is C9H18FN. The zero-order valence-electron chi connectivity index (χ0n) is 7.28. The first-order valence-electron chi connectivity index (χ1n) is 4.53. The average molecular weight is 159 g/mol. The predicted octanol–water partition coefficient (Wildman–Crippen LogP) is 2.25. The van der Waals surface area contributed by atoms with Crippen LogP contribution in [0.3, 0.4) is 0 Å². The molecule has 1 fully saturated rings. The summed E-state index contributed by atoms with van der Waals surface area (Å²) in [6.45, 7) is 2.43. The van der Waals surface area contributed by atoms with Crippen LogP contribution in [0.1, 0.15) is 39.0 Å². The monoisotopic (exact) mass is 159 g/mol. The lowest BCUT2D eigenvalue weighted by molar-refractivity contribution is 0.0920. The molecule has 66 valence electrons. The first-order valence-corrected chi connectivity index (χ1v) is 4.53. The van der Waals surface area contributed by atoms with E-state index in [2.05, 4.69) is 0 Å². The molecule has 0 aromatic heterocycles. The summed E-state index contributed by atoms with van der Waals surface area (Å²) < 4.78 is 13.4. The van der Waals surface area contributed by atoms with E-state index in [0.717, 1.165) is 25.7 Å². The molecule has 0 aromatic rings. The highest BCUT2D eigenvalue weighted by Crippen LogP contribution is 2.36. The normalized spacial score (nSPS) is 39.0. The van der Waals surface area contributed by atoms with Gasteiger partial charge in [0.25, 0.3) is 0 Å². The van der Waals surface area contributed by atoms with Crippen molar-refractivity contribution < 1.29 is 4.39 Å². The van der Waals surface area contributed by atoms with Gasteiger partial charge in [-0.05, 0) is 38.6 Å². The SMILES string of the molecule is CC1(F)CCCC(CCN)C1. The van der Waals surface area contributed by atoms with Gasteiger partial charge in [0.05, 0.1) is 0 Å². The Morgan fingerprint density at radius 3 is 2.91 bits per heavy atom. The van der Waals surface area contributed by atoms with Gasteiger partial charge in [-0.1, -0.05) is 12.8 Å². The fourth-order valence-electron chi connectivity index (χ4n) is 2.05. The molecule has 1 nitrogen and oxygen atoms in total. The standard InChI is InChI=1S/C9H18FN/c1-9(10)5-2-3-8(7-9)4-6-11/h8H,2-7,11H2,1H3. The quantitative estimate of drug-likeness (QED) is 0.657. The van der Waals surface area contributed by atoms with Crippen molar-refractivity contribution in [1.29, 1.82) is 0 Å². The van der Waals surface area contributed by atoms with E-state index in [1.54, 1.807) is 6.92 Å². The molecule has 2 unspecified atom stereocenters. The summed E-state index contributed by atoms with van der Waals surface area (Å²) in [5, 5.41) is 0. The van der Waals surface area contributed by atoms with Gasteiger partial charge < -0.3 is 5.73 Å². The van der Waals surface area contributed by atoms with E-state index in [1.165, 1.54) is 6.42 Å². The Morgan fingerprint density at radius 2 is 2.36 bits per heavy atom. The molecule has 0 heterocycles. The van der Waals surface area contributed by atoms with Gasteiger partial charge in [0, 0.05) is 0 Å². The van der Waals surface area contributed by atoms with Gasteiger partial charge in [-0.2, -0.15) is 0 Å². The van der Waals surface area contributed by atoms with E-state index in [9.17, 15) is 4.39 Å². The highest BCUT2D eigenvalue weighted by molar-refractivity contribution is 4.82. The van der Waals surface area contributed by atoms with Crippen molar-refractivity contribution in [2.45, 2.75) is 44.7 Å². The molecule has 2 N–H and O–H groups in total. The van der Waals surface area contributed by atoms with Gasteiger partial charge in [-0.25, -0.2) is 4.39 Å². The van der Waals surface area contributed by atoms with Gasteiger partial charge in [-0.3, -0.25) is 0 Å². The second-order valence-electron chi connectivity index (χ2n) is 3.95. The Kier molecular flexibility index (Phi) is 2.88. The third-order valence-corrected chi connectivity index (χ3v) is 2.60. The number of hydrogen-bond donors (Lipinski definition) is 1. The van der Waals surface area contributed by atoms with Crippen LogP contribution < -0.4 is 5.73 Å². The van der Waals surface area contributed by atoms with Crippen LogP contribution in [0.25, 0.3) is 0 Å². The molecule has 1 aliphatic rings. The molecule has 1 rings (SSSR count). The average Bonchev–Trinajstić information content (AvgIpc) is 1.85. The molecule has 11 heavy (non-hydrogen) atoms. The summed E-state index contributed by atoms with van der Waals surface area (Å²) in [4.78, 5) is 0. The van der Waals surface area contributed by atoms with E-state index < -0.39 is 5.67 Å². The summed E-state index contributed by atoms with van der Waals surface area (Å²) >= 11 is 0. The van der Waals surface area contributed by atoms with E-state index in [4.69, 9.17) is 5.73 Å². The van der Waals surface area contributed by atoms with Gasteiger partial charge >= 0.3 is 0 Å². The summed E-state index contributed by atoms with van der Waals surface area (Å²) in [5.74, 6) is 0.545. The van der Waals surface area contributed by atoms with Crippen molar-refractivity contribution >= 4 is 0 Å². The first-order chi connectivity index (χ1) is 5.14. The van der Waals surface area contributed by atoms with Crippen molar-refractivity contribution in [3.05, 3.63) is 0 Å². The second kappa shape index (κ2) is 3.53. The third-order valence-electron chi connectivity index (χ3n) is 2.60. The topological polar surface area (TPSA) is 26.0 Å². The lowest BCUT2D eigenvalue weighted by atomic mass is 9.79. The van der Waals surface area contributed by atoms with E-state index >= 15 is 0 Å². The Balaban J connectivity index is 2.34. The molecule has 0 aromatic carbocycles. The number of alkyl halides is 1. The highest BCUT2D eigenvalue weighted by Gasteiger charge is 2.30. The van der Waals surface area contributed by atoms with Crippen LogP contribution >= 0.6 is 0 Å². The van der Waals surface area contributed by atoms with Gasteiger partial charge in [0.1, 0.15) is 5.67 Å². The Labute approximate surface area is 68.2 Å². The minimum Gasteiger partial charge on any atom is -0.330 e. The van der Waals surface area contributed by atoms with E-state index in [1.807, 2.05) is 0 Å². The van der Waals surface area contributed by atoms with Crippen molar-refractivity contribution in [1.82, 2.24) is 0 Å². The molecule has 0 aliphatic heterocycles. The van der Waals surface area contributed by atoms with Crippen LogP contribution in [0.15, 0.2) is 0 Å². The van der Waals surface area contributed by atoms with Crippen molar-refractivity contribution in [3.63, 3.8) is 0 Å². The largest absolute Gasteiger partial charge is 0.330 e. The summed E-state index contributed by atoms with van der Waals surface area (Å²) in [6, 6.07) is 0. The zero-order valence-corrected chi connectivity index (χ0v) is 7.28. The molecule has 0 bridgehead atoms. The van der Waals surface area contributed by atoms with Crippen LogP contribution in [-0.4, -0.2) is 12.2 Å². The molecular weight excluding hydrogens is 141 g/mol. The molecule has 1 saturated carbocycles. The van der Waals surface area contributed by atoms with E-state index in [0.29, 0.717) is 12.5 Å². The van der Waals surface area contributed by atoms with Crippen LogP contribution in [0, 0.1) is 5.92 Å². The fourth-order valence-corrected chi connectivity index (χ4v) is 2.05. The third kappa shape index (κ3) is 2.78. The van der Waals surface area contributed by atoms with E-state index in [-0.39, 0.29) is 0 Å². The van der Waals surface area contributed by atoms with Gasteiger partial charge in [-0.15, -0.1) is 0 Å². The molecule has 0 radical (unpaired) electrons. The summed E-state index contributed by atoms with van der Waals surface area (Å²) in [5.41, 5.74) is 4.52. The smallest absolute Gasteiger partial charge is 0.108 e. The number of halogens is 1. The minimum absolute atomic E-state index is 0.545. The molecule has 0 amide bonds. The Hall–Kier alpha value is -0.110. The maximum Gasteiger partial charge on any atom is 0.108 e. The molecule has 0 spiro atoms. The van der Waals surface area contributed by atoms with Gasteiger partial charge in [0.15, 0.2) is 0 Å². The van der Waals surface area contributed by atoms with Crippen LogP contribution in [0.5, 0.6) is 0 Å².